The number of benzene rings is 1. The third kappa shape index (κ3) is 2.45. The third-order valence-electron chi connectivity index (χ3n) is 2.26. The number of methoxy groups -OCH3 is 1. The number of urea groups is 1. The number of nitrogens with zero attached hydrogens (tertiary/aromatic N) is 1. The molecule has 0 spiro atoms. The molecule has 0 bridgehead atoms. The largest absolute Gasteiger partial charge is 0.465 e. The van der Waals surface area contributed by atoms with Crippen LogP contribution in [0.15, 0.2) is 29.2 Å². The second kappa shape index (κ2) is 5.09. The molecule has 1 N–H and O–H groups in total. The van der Waals surface area contributed by atoms with Crippen molar-refractivity contribution < 1.29 is 19.1 Å². The molecule has 1 aromatic carbocycles. The molecular formula is C11H10N2O4S. The van der Waals surface area contributed by atoms with E-state index in [9.17, 15) is 14.4 Å². The average Bonchev–Trinajstić information content (AvgIpc) is 2.67. The van der Waals surface area contributed by atoms with Crippen LogP contribution in [0.5, 0.6) is 0 Å². The van der Waals surface area contributed by atoms with Crippen LogP contribution >= 0.6 is 11.9 Å². The van der Waals surface area contributed by atoms with E-state index in [0.717, 1.165) is 11.9 Å². The highest BCUT2D eigenvalue weighted by Crippen LogP contribution is 2.27. The minimum absolute atomic E-state index is 0.0288. The van der Waals surface area contributed by atoms with Crippen LogP contribution < -0.4 is 5.32 Å². The van der Waals surface area contributed by atoms with Crippen molar-refractivity contribution in [3.8, 4) is 0 Å². The lowest BCUT2D eigenvalue weighted by Crippen LogP contribution is -2.23. The Balaban J connectivity index is 2.21. The van der Waals surface area contributed by atoms with Crippen LogP contribution in [0.4, 0.5) is 4.79 Å². The molecule has 0 radical (unpaired) electrons. The Morgan fingerprint density at radius 1 is 1.39 bits per heavy atom. The topological polar surface area (TPSA) is 75.7 Å². The minimum atomic E-state index is -0.482. The number of hydrogen-bond donors (Lipinski definition) is 1. The highest BCUT2D eigenvalue weighted by atomic mass is 32.2. The fourth-order valence-corrected chi connectivity index (χ4v) is 2.38. The van der Waals surface area contributed by atoms with Gasteiger partial charge in [-0.3, -0.25) is 14.4 Å². The van der Waals surface area contributed by atoms with Gasteiger partial charge in [0.2, 0.25) is 5.91 Å². The summed E-state index contributed by atoms with van der Waals surface area (Å²) in [5.41, 5.74) is 0.358. The highest BCUT2D eigenvalue weighted by Gasteiger charge is 2.28. The molecule has 1 heterocycles. The SMILES string of the molecule is COC(=O)c1ccccc1SN1CC(=O)NC1=O. The smallest absolute Gasteiger partial charge is 0.339 e. The quantitative estimate of drug-likeness (QED) is 0.502. The first-order valence-electron chi connectivity index (χ1n) is 5.08. The number of ether oxygens (including phenoxy) is 1. The summed E-state index contributed by atoms with van der Waals surface area (Å²) in [5.74, 6) is -0.841. The fraction of sp³-hybridized carbons (Fsp3) is 0.182. The van der Waals surface area contributed by atoms with Gasteiger partial charge in [0.1, 0.15) is 6.54 Å². The third-order valence-corrected chi connectivity index (χ3v) is 3.33. The molecule has 3 amide bonds. The van der Waals surface area contributed by atoms with Gasteiger partial charge in [-0.2, -0.15) is 0 Å². The Kier molecular flexibility index (Phi) is 3.52. The fourth-order valence-electron chi connectivity index (χ4n) is 1.44. The lowest BCUT2D eigenvalue weighted by atomic mass is 10.2. The van der Waals surface area contributed by atoms with Crippen LogP contribution in [0, 0.1) is 0 Å². The molecule has 0 saturated carbocycles. The summed E-state index contributed by atoms with van der Waals surface area (Å²) in [5, 5.41) is 2.16. The lowest BCUT2D eigenvalue weighted by Gasteiger charge is -2.13. The number of carbonyl (C=O) groups is 3. The van der Waals surface area contributed by atoms with Crippen LogP contribution in [-0.4, -0.2) is 35.9 Å². The predicted molar refractivity (Wildman–Crippen MR) is 63.9 cm³/mol. The molecule has 0 atom stereocenters. The Labute approximate surface area is 107 Å². The standard InChI is InChI=1S/C11H10N2O4S/c1-17-10(15)7-4-2-3-5-8(7)18-13-6-9(14)12-11(13)16/h2-5H,6H2,1H3,(H,12,14,16). The zero-order valence-electron chi connectivity index (χ0n) is 9.50. The van der Waals surface area contributed by atoms with E-state index in [1.807, 2.05) is 0 Å². The van der Waals surface area contributed by atoms with Gasteiger partial charge >= 0.3 is 12.0 Å². The van der Waals surface area contributed by atoms with Gasteiger partial charge in [0.25, 0.3) is 0 Å². The molecule has 1 aliphatic heterocycles. The number of amides is 3. The van der Waals surface area contributed by atoms with Gasteiger partial charge < -0.3 is 4.74 Å². The highest BCUT2D eigenvalue weighted by molar-refractivity contribution is 7.97. The molecule has 1 saturated heterocycles. The summed E-state index contributed by atoms with van der Waals surface area (Å²) in [6.45, 7) is -0.0288. The molecule has 94 valence electrons. The summed E-state index contributed by atoms with van der Waals surface area (Å²) < 4.78 is 5.91. The van der Waals surface area contributed by atoms with Gasteiger partial charge in [0, 0.05) is 4.90 Å². The molecule has 1 aliphatic rings. The van der Waals surface area contributed by atoms with Crippen molar-refractivity contribution in [3.63, 3.8) is 0 Å². The molecule has 1 fully saturated rings. The van der Waals surface area contributed by atoms with Gasteiger partial charge in [0.15, 0.2) is 0 Å². The van der Waals surface area contributed by atoms with E-state index in [1.165, 1.54) is 11.4 Å². The zero-order chi connectivity index (χ0) is 13.1. The molecule has 0 unspecified atom stereocenters. The number of carbonyl (C=O) groups excluding carboxylic acids is 3. The first kappa shape index (κ1) is 12.4. The van der Waals surface area contributed by atoms with E-state index in [0.29, 0.717) is 10.5 Å². The van der Waals surface area contributed by atoms with Crippen molar-refractivity contribution in [1.29, 1.82) is 0 Å². The summed E-state index contributed by atoms with van der Waals surface area (Å²) in [4.78, 5) is 34.5. The molecule has 7 heteroatoms. The van der Waals surface area contributed by atoms with Crippen molar-refractivity contribution in [2.75, 3.05) is 13.7 Å². The monoisotopic (exact) mass is 266 g/mol. The second-order valence-corrected chi connectivity index (χ2v) is 4.53. The van der Waals surface area contributed by atoms with E-state index in [4.69, 9.17) is 0 Å². The van der Waals surface area contributed by atoms with Crippen molar-refractivity contribution >= 4 is 29.9 Å². The number of imide groups is 1. The molecule has 18 heavy (non-hydrogen) atoms. The van der Waals surface area contributed by atoms with E-state index >= 15 is 0 Å². The Bertz CT molecular complexity index is 518. The van der Waals surface area contributed by atoms with Crippen molar-refractivity contribution in [2.24, 2.45) is 0 Å². The lowest BCUT2D eigenvalue weighted by molar-refractivity contribution is -0.118. The molecule has 1 aromatic rings. The van der Waals surface area contributed by atoms with Gasteiger partial charge in [-0.05, 0) is 24.1 Å². The maximum absolute atomic E-state index is 11.5. The maximum atomic E-state index is 11.5. The average molecular weight is 266 g/mol. The first-order valence-corrected chi connectivity index (χ1v) is 5.86. The zero-order valence-corrected chi connectivity index (χ0v) is 10.3. The molecule has 0 aliphatic carbocycles. The number of rotatable bonds is 3. The van der Waals surface area contributed by atoms with Crippen LogP contribution in [0.1, 0.15) is 10.4 Å². The number of esters is 1. The van der Waals surface area contributed by atoms with Crippen LogP contribution in [0.25, 0.3) is 0 Å². The van der Waals surface area contributed by atoms with Gasteiger partial charge in [-0.15, -0.1) is 0 Å². The summed E-state index contributed by atoms with van der Waals surface area (Å²) in [7, 11) is 1.29. The van der Waals surface area contributed by atoms with Crippen molar-refractivity contribution in [1.82, 2.24) is 9.62 Å². The molecule has 6 nitrogen and oxygen atoms in total. The number of nitrogens with one attached hydrogen (secondary N) is 1. The Morgan fingerprint density at radius 3 is 2.72 bits per heavy atom. The molecule has 0 aromatic heterocycles. The van der Waals surface area contributed by atoms with Gasteiger partial charge in [-0.1, -0.05) is 12.1 Å². The van der Waals surface area contributed by atoms with Crippen LogP contribution in [0.3, 0.4) is 0 Å². The first-order chi connectivity index (χ1) is 8.61. The minimum Gasteiger partial charge on any atom is -0.465 e. The normalized spacial score (nSPS) is 14.6. The van der Waals surface area contributed by atoms with Gasteiger partial charge in [0.05, 0.1) is 12.7 Å². The molecule has 2 rings (SSSR count). The van der Waals surface area contributed by atoms with Crippen LogP contribution in [-0.2, 0) is 9.53 Å². The van der Waals surface area contributed by atoms with Crippen LogP contribution in [0.2, 0.25) is 0 Å². The maximum Gasteiger partial charge on any atom is 0.339 e. The summed E-state index contributed by atoms with van der Waals surface area (Å²) in [6, 6.07) is 6.25. The van der Waals surface area contributed by atoms with E-state index < -0.39 is 12.0 Å². The summed E-state index contributed by atoms with van der Waals surface area (Å²) in [6.07, 6.45) is 0. The van der Waals surface area contributed by atoms with E-state index in [2.05, 4.69) is 10.1 Å². The van der Waals surface area contributed by atoms with E-state index in [-0.39, 0.29) is 12.5 Å². The van der Waals surface area contributed by atoms with Gasteiger partial charge in [-0.25, -0.2) is 9.59 Å². The number of hydrogen-bond acceptors (Lipinski definition) is 5. The van der Waals surface area contributed by atoms with Crippen molar-refractivity contribution in [3.05, 3.63) is 29.8 Å². The van der Waals surface area contributed by atoms with Crippen molar-refractivity contribution in [2.45, 2.75) is 4.90 Å². The Hall–Kier alpha value is -2.02. The predicted octanol–water partition coefficient (Wildman–Crippen LogP) is 1.03. The molecular weight excluding hydrogens is 256 g/mol. The second-order valence-electron chi connectivity index (χ2n) is 3.47. The Morgan fingerprint density at radius 2 is 2.11 bits per heavy atom. The summed E-state index contributed by atoms with van der Waals surface area (Å²) >= 11 is 1.03. The van der Waals surface area contributed by atoms with E-state index in [1.54, 1.807) is 24.3 Å².